The van der Waals surface area contributed by atoms with Gasteiger partial charge in [-0.05, 0) is 43.7 Å². The summed E-state index contributed by atoms with van der Waals surface area (Å²) >= 11 is 0. The van der Waals surface area contributed by atoms with E-state index in [0.29, 0.717) is 23.9 Å². The normalized spacial score (nSPS) is 20.6. The highest BCUT2D eigenvalue weighted by molar-refractivity contribution is 5.98. The van der Waals surface area contributed by atoms with Gasteiger partial charge in [-0.15, -0.1) is 0 Å². The SMILES string of the molecule is CC(C)Cc1ccc(C(=O)CCC(=O)N2CC(CN)CC2C)cc1. The molecule has 0 bridgehead atoms. The van der Waals surface area contributed by atoms with E-state index in [2.05, 4.69) is 20.8 Å². The van der Waals surface area contributed by atoms with Crippen LogP contribution in [0.2, 0.25) is 0 Å². The first-order valence-electron chi connectivity index (χ1n) is 9.02. The number of hydrogen-bond acceptors (Lipinski definition) is 3. The molecule has 0 saturated carbocycles. The fraction of sp³-hybridized carbons (Fsp3) is 0.600. The summed E-state index contributed by atoms with van der Waals surface area (Å²) in [6.07, 6.45) is 2.54. The molecule has 1 aromatic rings. The molecule has 1 amide bonds. The van der Waals surface area contributed by atoms with Crippen molar-refractivity contribution in [3.8, 4) is 0 Å². The molecule has 4 heteroatoms. The van der Waals surface area contributed by atoms with Crippen LogP contribution in [0.1, 0.15) is 56.0 Å². The van der Waals surface area contributed by atoms with Crippen LogP contribution in [-0.2, 0) is 11.2 Å². The average molecular weight is 330 g/mol. The molecule has 1 aromatic carbocycles. The zero-order valence-electron chi connectivity index (χ0n) is 15.1. The van der Waals surface area contributed by atoms with Crippen molar-refractivity contribution in [3.63, 3.8) is 0 Å². The van der Waals surface area contributed by atoms with Crippen LogP contribution in [0.4, 0.5) is 0 Å². The highest BCUT2D eigenvalue weighted by Gasteiger charge is 2.31. The molecule has 24 heavy (non-hydrogen) atoms. The second kappa shape index (κ2) is 8.43. The Kier molecular flexibility index (Phi) is 6.55. The van der Waals surface area contributed by atoms with E-state index in [0.717, 1.165) is 19.4 Å². The van der Waals surface area contributed by atoms with Gasteiger partial charge in [0.25, 0.3) is 0 Å². The molecule has 0 radical (unpaired) electrons. The number of ketones is 1. The minimum atomic E-state index is 0.0432. The van der Waals surface area contributed by atoms with E-state index in [4.69, 9.17) is 5.73 Å². The van der Waals surface area contributed by atoms with E-state index in [9.17, 15) is 9.59 Å². The second-order valence-corrected chi connectivity index (χ2v) is 7.45. The number of benzene rings is 1. The summed E-state index contributed by atoms with van der Waals surface area (Å²) in [5.74, 6) is 1.11. The number of carbonyl (C=O) groups is 2. The van der Waals surface area contributed by atoms with Crippen molar-refractivity contribution in [2.75, 3.05) is 13.1 Å². The molecular weight excluding hydrogens is 300 g/mol. The maximum atomic E-state index is 12.4. The first-order valence-corrected chi connectivity index (χ1v) is 9.02. The standard InChI is InChI=1S/C20H30N2O2/c1-14(2)10-16-4-6-18(7-5-16)19(23)8-9-20(24)22-13-17(12-21)11-15(22)3/h4-7,14-15,17H,8-13,21H2,1-3H3. The third kappa shape index (κ3) is 4.91. The van der Waals surface area contributed by atoms with Crippen molar-refractivity contribution in [2.24, 2.45) is 17.6 Å². The van der Waals surface area contributed by atoms with Crippen molar-refractivity contribution in [2.45, 2.75) is 52.5 Å². The smallest absolute Gasteiger partial charge is 0.223 e. The number of amides is 1. The van der Waals surface area contributed by atoms with Gasteiger partial charge >= 0.3 is 0 Å². The number of Topliss-reactive ketones (excluding diaryl/α,β-unsaturated/α-hetero) is 1. The topological polar surface area (TPSA) is 63.4 Å². The van der Waals surface area contributed by atoms with Gasteiger partial charge < -0.3 is 10.6 Å². The lowest BCUT2D eigenvalue weighted by molar-refractivity contribution is -0.131. The Morgan fingerprint density at radius 3 is 2.42 bits per heavy atom. The van der Waals surface area contributed by atoms with E-state index in [1.54, 1.807) is 0 Å². The second-order valence-electron chi connectivity index (χ2n) is 7.45. The Hall–Kier alpha value is -1.68. The lowest BCUT2D eigenvalue weighted by Crippen LogP contribution is -2.34. The van der Waals surface area contributed by atoms with Crippen LogP contribution in [0.25, 0.3) is 0 Å². The summed E-state index contributed by atoms with van der Waals surface area (Å²) in [5, 5.41) is 0. The van der Waals surface area contributed by atoms with Crippen LogP contribution in [0.15, 0.2) is 24.3 Å². The highest BCUT2D eigenvalue weighted by atomic mass is 16.2. The van der Waals surface area contributed by atoms with Crippen LogP contribution in [0, 0.1) is 11.8 Å². The van der Waals surface area contributed by atoms with Gasteiger partial charge in [-0.3, -0.25) is 9.59 Å². The van der Waals surface area contributed by atoms with Gasteiger partial charge in [0.1, 0.15) is 0 Å². The zero-order chi connectivity index (χ0) is 17.7. The van der Waals surface area contributed by atoms with Crippen molar-refractivity contribution < 1.29 is 9.59 Å². The first kappa shape index (κ1) is 18.7. The Morgan fingerprint density at radius 2 is 1.88 bits per heavy atom. The highest BCUT2D eigenvalue weighted by Crippen LogP contribution is 2.23. The molecule has 2 atom stereocenters. The summed E-state index contributed by atoms with van der Waals surface area (Å²) in [7, 11) is 0. The van der Waals surface area contributed by atoms with Gasteiger partial charge in [-0.1, -0.05) is 38.1 Å². The average Bonchev–Trinajstić information content (AvgIpc) is 2.93. The van der Waals surface area contributed by atoms with Crippen LogP contribution in [0.3, 0.4) is 0 Å². The first-order chi connectivity index (χ1) is 11.4. The van der Waals surface area contributed by atoms with Gasteiger partial charge in [0, 0.05) is 31.0 Å². The predicted molar refractivity (Wildman–Crippen MR) is 96.9 cm³/mol. The Bertz CT molecular complexity index is 566. The molecule has 1 aliphatic rings. The minimum absolute atomic E-state index is 0.0432. The van der Waals surface area contributed by atoms with Gasteiger partial charge in [-0.25, -0.2) is 0 Å². The molecule has 2 unspecified atom stereocenters. The van der Waals surface area contributed by atoms with Crippen LogP contribution < -0.4 is 5.73 Å². The third-order valence-corrected chi connectivity index (χ3v) is 4.80. The maximum absolute atomic E-state index is 12.4. The molecule has 4 nitrogen and oxygen atoms in total. The minimum Gasteiger partial charge on any atom is -0.340 e. The molecule has 132 valence electrons. The Balaban J connectivity index is 1.85. The van der Waals surface area contributed by atoms with Crippen molar-refractivity contribution >= 4 is 11.7 Å². The van der Waals surface area contributed by atoms with Crippen molar-refractivity contribution in [1.29, 1.82) is 0 Å². The third-order valence-electron chi connectivity index (χ3n) is 4.80. The summed E-state index contributed by atoms with van der Waals surface area (Å²) < 4.78 is 0. The number of hydrogen-bond donors (Lipinski definition) is 1. The quantitative estimate of drug-likeness (QED) is 0.782. The van der Waals surface area contributed by atoms with Gasteiger partial charge in [0.15, 0.2) is 5.78 Å². The monoisotopic (exact) mass is 330 g/mol. The molecule has 1 aliphatic heterocycles. The number of nitrogens with two attached hydrogens (primary N) is 1. The summed E-state index contributed by atoms with van der Waals surface area (Å²) in [5.41, 5.74) is 7.65. The number of nitrogens with zero attached hydrogens (tertiary/aromatic N) is 1. The summed E-state index contributed by atoms with van der Waals surface area (Å²) in [6.45, 7) is 7.77. The molecule has 2 rings (SSSR count). The van der Waals surface area contributed by atoms with E-state index < -0.39 is 0 Å². The lowest BCUT2D eigenvalue weighted by atomic mass is 9.99. The number of rotatable bonds is 7. The maximum Gasteiger partial charge on any atom is 0.223 e. The number of carbonyl (C=O) groups excluding carboxylic acids is 2. The fourth-order valence-corrected chi connectivity index (χ4v) is 3.47. The van der Waals surface area contributed by atoms with Crippen LogP contribution in [0.5, 0.6) is 0 Å². The predicted octanol–water partition coefficient (Wildman–Crippen LogP) is 3.04. The van der Waals surface area contributed by atoms with Gasteiger partial charge in [0.2, 0.25) is 5.91 Å². The molecule has 1 fully saturated rings. The van der Waals surface area contributed by atoms with Crippen molar-refractivity contribution in [3.05, 3.63) is 35.4 Å². The molecule has 2 N–H and O–H groups in total. The molecule has 0 spiro atoms. The molecule has 0 aromatic heterocycles. The molecule has 0 aliphatic carbocycles. The zero-order valence-corrected chi connectivity index (χ0v) is 15.1. The van der Waals surface area contributed by atoms with Gasteiger partial charge in [-0.2, -0.15) is 0 Å². The van der Waals surface area contributed by atoms with Crippen molar-refractivity contribution in [1.82, 2.24) is 4.90 Å². The van der Waals surface area contributed by atoms with Gasteiger partial charge in [0.05, 0.1) is 0 Å². The molecular formula is C20H30N2O2. The molecule has 1 saturated heterocycles. The number of likely N-dealkylation sites (tertiary alicyclic amines) is 1. The molecule has 1 heterocycles. The van der Waals surface area contributed by atoms with E-state index in [-0.39, 0.29) is 30.6 Å². The summed E-state index contributed by atoms with van der Waals surface area (Å²) in [4.78, 5) is 26.6. The summed E-state index contributed by atoms with van der Waals surface area (Å²) in [6, 6.07) is 8.03. The van der Waals surface area contributed by atoms with E-state index >= 15 is 0 Å². The fourth-order valence-electron chi connectivity index (χ4n) is 3.47. The lowest BCUT2D eigenvalue weighted by Gasteiger charge is -2.21. The van der Waals surface area contributed by atoms with Crippen LogP contribution >= 0.6 is 0 Å². The Labute approximate surface area is 145 Å². The largest absolute Gasteiger partial charge is 0.340 e. The van der Waals surface area contributed by atoms with E-state index in [1.165, 1.54) is 5.56 Å². The van der Waals surface area contributed by atoms with E-state index in [1.807, 2.05) is 29.2 Å². The van der Waals surface area contributed by atoms with Crippen LogP contribution in [-0.4, -0.2) is 35.7 Å². The Morgan fingerprint density at radius 1 is 1.21 bits per heavy atom.